The van der Waals surface area contributed by atoms with Gasteiger partial charge in [-0.2, -0.15) is 0 Å². The smallest absolute Gasteiger partial charge is 0.133 e. The summed E-state index contributed by atoms with van der Waals surface area (Å²) in [5.41, 5.74) is 0. The van der Waals surface area contributed by atoms with E-state index in [0.717, 1.165) is 36.5 Å². The molecule has 0 saturated heterocycles. The SMILES string of the molecule is CC(C)CCCN=P(CCCC(C)C)(CCCC(C)C)OC1=CC=CC1. The van der Waals surface area contributed by atoms with Gasteiger partial charge in [0.05, 0.1) is 0 Å². The topological polar surface area (TPSA) is 21.6 Å². The third kappa shape index (κ3) is 10.6. The van der Waals surface area contributed by atoms with Crippen LogP contribution in [0.2, 0.25) is 0 Å². The maximum absolute atomic E-state index is 6.71. The molecule has 0 spiro atoms. The maximum Gasteiger partial charge on any atom is 0.133 e. The van der Waals surface area contributed by atoms with Crippen molar-refractivity contribution in [3.8, 4) is 0 Å². The monoisotopic (exact) mass is 381 g/mol. The zero-order valence-electron chi connectivity index (χ0n) is 18.3. The summed E-state index contributed by atoms with van der Waals surface area (Å²) >= 11 is 0. The first-order valence-corrected chi connectivity index (χ1v) is 13.0. The lowest BCUT2D eigenvalue weighted by Crippen LogP contribution is -2.05. The molecule has 0 N–H and O–H groups in total. The standard InChI is InChI=1S/C23H44NOP/c1-20(2)12-9-17-24-26(18-10-13-21(3)4,19-11-14-22(5)6)25-23-15-7-8-16-23/h7-8,15,20-22H,9-14,16-19H2,1-6H3. The fraction of sp³-hybridized carbons (Fsp3) is 0.826. The zero-order chi connectivity index (χ0) is 19.4. The van der Waals surface area contributed by atoms with Gasteiger partial charge in [0.1, 0.15) is 13.0 Å². The largest absolute Gasteiger partial charge is 0.464 e. The molecule has 0 amide bonds. The van der Waals surface area contributed by atoms with E-state index >= 15 is 0 Å². The minimum absolute atomic E-state index is 0.765. The Bertz CT molecular complexity index is 470. The van der Waals surface area contributed by atoms with Gasteiger partial charge in [-0.3, -0.25) is 4.74 Å². The van der Waals surface area contributed by atoms with E-state index < -0.39 is 7.28 Å². The van der Waals surface area contributed by atoms with Gasteiger partial charge in [-0.1, -0.05) is 66.5 Å². The summed E-state index contributed by atoms with van der Waals surface area (Å²) in [4.78, 5) is 0. The Morgan fingerprint density at radius 2 is 1.42 bits per heavy atom. The average Bonchev–Trinajstić information content (AvgIpc) is 3.03. The summed E-state index contributed by atoms with van der Waals surface area (Å²) in [6, 6.07) is 0. The molecule has 3 heteroatoms. The second kappa shape index (κ2) is 12.8. The molecule has 1 rings (SSSR count). The van der Waals surface area contributed by atoms with Gasteiger partial charge in [-0.25, -0.2) is 0 Å². The molecule has 2 nitrogen and oxygen atoms in total. The molecule has 152 valence electrons. The number of hydrogen-bond donors (Lipinski definition) is 0. The summed E-state index contributed by atoms with van der Waals surface area (Å²) in [5.74, 6) is 3.45. The Hall–Kier alpha value is -0.490. The van der Waals surface area contributed by atoms with Crippen molar-refractivity contribution < 1.29 is 4.52 Å². The predicted octanol–water partition coefficient (Wildman–Crippen LogP) is 8.27. The van der Waals surface area contributed by atoms with E-state index in [-0.39, 0.29) is 0 Å². The van der Waals surface area contributed by atoms with Crippen molar-refractivity contribution in [3.05, 3.63) is 24.0 Å². The van der Waals surface area contributed by atoms with Crippen molar-refractivity contribution in [2.45, 2.75) is 86.5 Å². The van der Waals surface area contributed by atoms with E-state index in [1.807, 2.05) is 0 Å². The van der Waals surface area contributed by atoms with Gasteiger partial charge < -0.3 is 4.52 Å². The number of nitrogens with zero attached hydrogens (tertiary/aromatic N) is 1. The highest BCUT2D eigenvalue weighted by atomic mass is 31.2. The minimum Gasteiger partial charge on any atom is -0.464 e. The number of rotatable bonds is 14. The maximum atomic E-state index is 6.71. The summed E-state index contributed by atoms with van der Waals surface area (Å²) in [7, 11) is -1.70. The third-order valence-electron chi connectivity index (χ3n) is 4.90. The summed E-state index contributed by atoms with van der Waals surface area (Å²) in [5, 5.41) is 0. The molecule has 1 aliphatic carbocycles. The van der Waals surface area contributed by atoms with Gasteiger partial charge in [-0.15, -0.1) is 0 Å². The van der Waals surface area contributed by atoms with Crippen LogP contribution in [0, 0.1) is 17.8 Å². The van der Waals surface area contributed by atoms with Crippen LogP contribution in [0.5, 0.6) is 0 Å². The molecule has 0 aromatic heterocycles. The van der Waals surface area contributed by atoms with Gasteiger partial charge in [0.25, 0.3) is 0 Å². The van der Waals surface area contributed by atoms with Gasteiger partial charge in [0, 0.05) is 25.3 Å². The molecule has 0 atom stereocenters. The normalized spacial score (nSPS) is 14.6. The quantitative estimate of drug-likeness (QED) is 0.219. The molecule has 0 radical (unpaired) electrons. The van der Waals surface area contributed by atoms with Crippen LogP contribution in [0.4, 0.5) is 0 Å². The van der Waals surface area contributed by atoms with Crippen LogP contribution in [0.3, 0.4) is 0 Å². The van der Waals surface area contributed by atoms with E-state index in [2.05, 4.69) is 59.8 Å². The lowest BCUT2D eigenvalue weighted by atomic mass is 10.1. The summed E-state index contributed by atoms with van der Waals surface area (Å²) < 4.78 is 12.0. The summed E-state index contributed by atoms with van der Waals surface area (Å²) in [6.07, 6.45) is 17.3. The lowest BCUT2D eigenvalue weighted by Gasteiger charge is -2.27. The molecular weight excluding hydrogens is 337 g/mol. The van der Waals surface area contributed by atoms with Crippen LogP contribution in [-0.2, 0) is 4.52 Å². The lowest BCUT2D eigenvalue weighted by molar-refractivity contribution is 0.443. The van der Waals surface area contributed by atoms with E-state index in [4.69, 9.17) is 9.27 Å². The van der Waals surface area contributed by atoms with E-state index in [1.54, 1.807) is 0 Å². The second-order valence-electron chi connectivity index (χ2n) is 9.12. The highest BCUT2D eigenvalue weighted by Gasteiger charge is 2.23. The number of hydrogen-bond acceptors (Lipinski definition) is 2. The first-order chi connectivity index (χ1) is 12.3. The second-order valence-corrected chi connectivity index (χ2v) is 12.2. The summed E-state index contributed by atoms with van der Waals surface area (Å²) in [6.45, 7) is 14.9. The molecule has 0 unspecified atom stereocenters. The van der Waals surface area contributed by atoms with Gasteiger partial charge in [0.15, 0.2) is 0 Å². The molecule has 0 saturated carbocycles. The van der Waals surface area contributed by atoms with E-state index in [0.29, 0.717) is 0 Å². The van der Waals surface area contributed by atoms with Gasteiger partial charge in [0.2, 0.25) is 0 Å². The highest BCUT2D eigenvalue weighted by Crippen LogP contribution is 2.55. The van der Waals surface area contributed by atoms with Crippen molar-refractivity contribution in [2.24, 2.45) is 22.5 Å². The van der Waals surface area contributed by atoms with Crippen molar-refractivity contribution in [1.29, 1.82) is 0 Å². The molecule has 26 heavy (non-hydrogen) atoms. The molecule has 0 aromatic carbocycles. The van der Waals surface area contributed by atoms with Crippen LogP contribution in [0.1, 0.15) is 86.5 Å². The Kier molecular flexibility index (Phi) is 11.6. The van der Waals surface area contributed by atoms with Gasteiger partial charge in [-0.05, 0) is 49.5 Å². The molecule has 0 heterocycles. The minimum atomic E-state index is -1.70. The van der Waals surface area contributed by atoms with Crippen LogP contribution in [0.25, 0.3) is 0 Å². The third-order valence-corrected chi connectivity index (χ3v) is 8.22. The molecular formula is C23H44NOP. The van der Waals surface area contributed by atoms with Crippen LogP contribution in [-0.4, -0.2) is 18.9 Å². The Morgan fingerprint density at radius 1 is 0.885 bits per heavy atom. The fourth-order valence-electron chi connectivity index (χ4n) is 3.33. The van der Waals surface area contributed by atoms with Crippen LogP contribution < -0.4 is 0 Å². The van der Waals surface area contributed by atoms with Crippen LogP contribution >= 0.6 is 7.28 Å². The van der Waals surface area contributed by atoms with Crippen molar-refractivity contribution in [2.75, 3.05) is 18.9 Å². The first-order valence-electron chi connectivity index (χ1n) is 10.9. The predicted molar refractivity (Wildman–Crippen MR) is 119 cm³/mol. The van der Waals surface area contributed by atoms with Gasteiger partial charge >= 0.3 is 0 Å². The molecule has 0 aliphatic heterocycles. The molecule has 0 bridgehead atoms. The van der Waals surface area contributed by atoms with Crippen molar-refractivity contribution in [3.63, 3.8) is 0 Å². The van der Waals surface area contributed by atoms with Crippen molar-refractivity contribution >= 4 is 7.28 Å². The van der Waals surface area contributed by atoms with E-state index in [1.165, 1.54) is 50.8 Å². The molecule has 0 fully saturated rings. The van der Waals surface area contributed by atoms with Crippen molar-refractivity contribution in [1.82, 2.24) is 0 Å². The highest BCUT2D eigenvalue weighted by molar-refractivity contribution is 7.61. The Balaban J connectivity index is 2.85. The molecule has 1 aliphatic rings. The number of allylic oxidation sites excluding steroid dienone is 3. The zero-order valence-corrected chi connectivity index (χ0v) is 19.2. The molecule has 0 aromatic rings. The van der Waals surface area contributed by atoms with E-state index in [9.17, 15) is 0 Å². The Labute approximate surface area is 164 Å². The first kappa shape index (κ1) is 23.5. The van der Waals surface area contributed by atoms with Crippen LogP contribution in [0.15, 0.2) is 28.7 Å². The Morgan fingerprint density at radius 3 is 1.88 bits per heavy atom. The average molecular weight is 382 g/mol. The fourth-order valence-corrected chi connectivity index (χ4v) is 6.51.